The molecule has 0 rings (SSSR count). The lowest BCUT2D eigenvalue weighted by atomic mass is 10.1. The lowest BCUT2D eigenvalue weighted by Crippen LogP contribution is -2.35. The van der Waals surface area contributed by atoms with Crippen LogP contribution in [-0.2, 0) is 14.3 Å². The molecule has 0 aliphatic carbocycles. The molecule has 0 saturated carbocycles. The molecule has 0 N–H and O–H groups in total. The molecule has 0 aliphatic rings. The van der Waals surface area contributed by atoms with Gasteiger partial charge in [-0.25, -0.2) is 0 Å². The average molecular weight is 292 g/mol. The lowest BCUT2D eigenvalue weighted by Gasteiger charge is -2.11. The highest BCUT2D eigenvalue weighted by Crippen LogP contribution is 2.27. The Bertz CT molecular complexity index is 350. The molecular weight excluding hydrogens is 282 g/mol. The molecule has 0 amide bonds. The molecule has 0 unspecified atom stereocenters. The maximum atomic E-state index is 12.1. The summed E-state index contributed by atoms with van der Waals surface area (Å²) in [5, 5.41) is 0. The highest BCUT2D eigenvalue weighted by molar-refractivity contribution is 6.23. The molecule has 0 aromatic rings. The molecule has 0 saturated heterocycles. The first-order valence-corrected chi connectivity index (χ1v) is 4.92. The second-order valence-corrected chi connectivity index (χ2v) is 3.91. The van der Waals surface area contributed by atoms with Crippen LogP contribution in [0.2, 0.25) is 0 Å². The van der Waals surface area contributed by atoms with Crippen LogP contribution in [0.5, 0.6) is 0 Å². The van der Waals surface area contributed by atoms with Crippen LogP contribution in [0.3, 0.4) is 0 Å². The topological polar surface area (TPSA) is 43.4 Å². The van der Waals surface area contributed by atoms with Gasteiger partial charge in [0.25, 0.3) is 11.6 Å². The van der Waals surface area contributed by atoms with E-state index in [1.165, 1.54) is 0 Å². The predicted octanol–water partition coefficient (Wildman–Crippen LogP) is 2.81. The SMILES string of the molecule is CC(C)COC=C(C(=O)C(F)(F)F)C(=O)C(F)(F)F. The molecule has 3 nitrogen and oxygen atoms in total. The van der Waals surface area contributed by atoms with Crippen LogP contribution in [0.4, 0.5) is 26.3 Å². The van der Waals surface area contributed by atoms with Gasteiger partial charge in [-0.15, -0.1) is 0 Å². The van der Waals surface area contributed by atoms with Crippen molar-refractivity contribution < 1.29 is 40.7 Å². The van der Waals surface area contributed by atoms with E-state index >= 15 is 0 Å². The summed E-state index contributed by atoms with van der Waals surface area (Å²) in [7, 11) is 0. The Hall–Kier alpha value is -1.54. The first kappa shape index (κ1) is 17.5. The number of halogens is 6. The van der Waals surface area contributed by atoms with Crippen molar-refractivity contribution in [3.8, 4) is 0 Å². The van der Waals surface area contributed by atoms with E-state index in [2.05, 4.69) is 4.74 Å². The van der Waals surface area contributed by atoms with E-state index in [0.29, 0.717) is 0 Å². The van der Waals surface area contributed by atoms with Crippen molar-refractivity contribution in [2.24, 2.45) is 5.92 Å². The minimum absolute atomic E-state index is 0.0916. The van der Waals surface area contributed by atoms with Crippen molar-refractivity contribution >= 4 is 11.6 Å². The van der Waals surface area contributed by atoms with Crippen LogP contribution >= 0.6 is 0 Å². The van der Waals surface area contributed by atoms with Gasteiger partial charge >= 0.3 is 12.4 Å². The molecule has 0 aromatic heterocycles. The van der Waals surface area contributed by atoms with Crippen LogP contribution in [0, 0.1) is 5.92 Å². The van der Waals surface area contributed by atoms with Gasteiger partial charge in [-0.05, 0) is 5.92 Å². The number of hydrogen-bond acceptors (Lipinski definition) is 3. The van der Waals surface area contributed by atoms with Gasteiger partial charge in [0.05, 0.1) is 12.9 Å². The minimum Gasteiger partial charge on any atom is -0.500 e. The molecular formula is C10H10F6O3. The molecule has 0 radical (unpaired) electrons. The van der Waals surface area contributed by atoms with Gasteiger partial charge in [0.2, 0.25) is 0 Å². The van der Waals surface area contributed by atoms with Gasteiger partial charge in [-0.2, -0.15) is 26.3 Å². The fraction of sp³-hybridized carbons (Fsp3) is 0.600. The molecule has 110 valence electrons. The monoisotopic (exact) mass is 292 g/mol. The fourth-order valence-corrected chi connectivity index (χ4v) is 0.839. The van der Waals surface area contributed by atoms with Crippen LogP contribution in [0.15, 0.2) is 11.8 Å². The van der Waals surface area contributed by atoms with Gasteiger partial charge in [-0.3, -0.25) is 9.59 Å². The van der Waals surface area contributed by atoms with Gasteiger partial charge in [0.1, 0.15) is 5.57 Å². The summed E-state index contributed by atoms with van der Waals surface area (Å²) in [6.07, 6.45) is -11.3. The molecule has 0 bridgehead atoms. The molecule has 9 heteroatoms. The zero-order valence-electron chi connectivity index (χ0n) is 9.85. The number of hydrogen-bond donors (Lipinski definition) is 0. The summed E-state index contributed by atoms with van der Waals surface area (Å²) in [5.41, 5.74) is -2.08. The normalized spacial score (nSPS) is 12.3. The first-order valence-electron chi connectivity index (χ1n) is 4.92. The number of carbonyl (C=O) groups is 2. The van der Waals surface area contributed by atoms with Crippen LogP contribution < -0.4 is 0 Å². The second kappa shape index (κ2) is 6.07. The maximum absolute atomic E-state index is 12.1. The maximum Gasteiger partial charge on any atom is 0.455 e. The molecule has 0 aromatic carbocycles. The van der Waals surface area contributed by atoms with E-state index in [0.717, 1.165) is 0 Å². The average Bonchev–Trinajstić information content (AvgIpc) is 2.19. The summed E-state index contributed by atoms with van der Waals surface area (Å²) in [6.45, 7) is 2.91. The van der Waals surface area contributed by atoms with Crippen LogP contribution in [0.1, 0.15) is 13.8 Å². The third-order valence-corrected chi connectivity index (χ3v) is 1.63. The van der Waals surface area contributed by atoms with Gasteiger partial charge in [-0.1, -0.05) is 13.8 Å². The second-order valence-electron chi connectivity index (χ2n) is 3.91. The van der Waals surface area contributed by atoms with E-state index in [4.69, 9.17) is 0 Å². The standard InChI is InChI=1S/C10H10F6O3/c1-5(2)3-19-4-6(7(17)9(11,12)13)8(18)10(14,15)16/h4-5H,3H2,1-2H3. The van der Waals surface area contributed by atoms with E-state index < -0.39 is 29.5 Å². The Balaban J connectivity index is 5.28. The third-order valence-electron chi connectivity index (χ3n) is 1.63. The zero-order valence-corrected chi connectivity index (χ0v) is 9.85. The molecule has 0 atom stereocenters. The van der Waals surface area contributed by atoms with E-state index in [1.807, 2.05) is 0 Å². The van der Waals surface area contributed by atoms with E-state index in [-0.39, 0.29) is 18.8 Å². The van der Waals surface area contributed by atoms with Crippen molar-refractivity contribution in [1.29, 1.82) is 0 Å². The highest BCUT2D eigenvalue weighted by Gasteiger charge is 2.50. The van der Waals surface area contributed by atoms with Crippen molar-refractivity contribution in [2.45, 2.75) is 26.2 Å². The van der Waals surface area contributed by atoms with E-state index in [9.17, 15) is 35.9 Å². The van der Waals surface area contributed by atoms with Crippen molar-refractivity contribution in [1.82, 2.24) is 0 Å². The summed E-state index contributed by atoms with van der Waals surface area (Å²) in [5.74, 6) is -5.99. The first-order chi connectivity index (χ1) is 8.37. The number of carbonyl (C=O) groups excluding carboxylic acids is 2. The number of ketones is 2. The smallest absolute Gasteiger partial charge is 0.455 e. The molecule has 19 heavy (non-hydrogen) atoms. The van der Waals surface area contributed by atoms with Gasteiger partial charge < -0.3 is 4.74 Å². The quantitative estimate of drug-likeness (QED) is 0.257. The number of rotatable bonds is 5. The van der Waals surface area contributed by atoms with Crippen molar-refractivity contribution in [3.05, 3.63) is 11.8 Å². The summed E-state index contributed by atoms with van der Waals surface area (Å²) in [6, 6.07) is 0. The minimum atomic E-state index is -5.59. The fourth-order valence-electron chi connectivity index (χ4n) is 0.839. The summed E-state index contributed by atoms with van der Waals surface area (Å²) >= 11 is 0. The largest absolute Gasteiger partial charge is 0.500 e. The van der Waals surface area contributed by atoms with Crippen molar-refractivity contribution in [3.63, 3.8) is 0 Å². The lowest BCUT2D eigenvalue weighted by molar-refractivity contribution is -0.175. The Morgan fingerprint density at radius 1 is 1.00 bits per heavy atom. The van der Waals surface area contributed by atoms with E-state index in [1.54, 1.807) is 13.8 Å². The Morgan fingerprint density at radius 2 is 1.37 bits per heavy atom. The van der Waals surface area contributed by atoms with Crippen LogP contribution in [-0.4, -0.2) is 30.5 Å². The van der Waals surface area contributed by atoms with Crippen molar-refractivity contribution in [2.75, 3.05) is 6.61 Å². The summed E-state index contributed by atoms with van der Waals surface area (Å²) in [4.78, 5) is 21.5. The Labute approximate surface area is 104 Å². The third kappa shape index (κ3) is 5.75. The van der Waals surface area contributed by atoms with Gasteiger partial charge in [0.15, 0.2) is 0 Å². The predicted molar refractivity (Wildman–Crippen MR) is 51.0 cm³/mol. The Morgan fingerprint density at radius 3 is 1.63 bits per heavy atom. The number of allylic oxidation sites excluding steroid dienone is 1. The zero-order chi connectivity index (χ0) is 15.4. The van der Waals surface area contributed by atoms with Gasteiger partial charge in [0, 0.05) is 0 Å². The molecule has 0 aliphatic heterocycles. The molecule has 0 spiro atoms. The highest BCUT2D eigenvalue weighted by atomic mass is 19.4. The Kier molecular flexibility index (Phi) is 5.58. The number of alkyl halides is 6. The summed E-state index contributed by atoms with van der Waals surface area (Å²) < 4.78 is 76.8. The molecule has 0 fully saturated rings. The number of Topliss-reactive ketones (excluding diaryl/α,β-unsaturated/α-hetero) is 2. The van der Waals surface area contributed by atoms with Crippen LogP contribution in [0.25, 0.3) is 0 Å². The molecule has 0 heterocycles. The number of ether oxygens (including phenoxy) is 1.